The van der Waals surface area contributed by atoms with Crippen LogP contribution in [-0.4, -0.2) is 43.5 Å². The number of aryl methyl sites for hydroxylation is 2. The van der Waals surface area contributed by atoms with E-state index < -0.39 is 0 Å². The van der Waals surface area contributed by atoms with Gasteiger partial charge in [0.1, 0.15) is 5.75 Å². The smallest absolute Gasteiger partial charge is 0.294 e. The van der Waals surface area contributed by atoms with Crippen molar-refractivity contribution in [1.29, 1.82) is 0 Å². The first-order valence-electron chi connectivity index (χ1n) is 9.31. The summed E-state index contributed by atoms with van der Waals surface area (Å²) in [6.07, 6.45) is 1.90. The van der Waals surface area contributed by atoms with Crippen LogP contribution >= 0.6 is 0 Å². The molecule has 2 aromatic heterocycles. The molecule has 7 heteroatoms. The first-order valence-corrected chi connectivity index (χ1v) is 9.31. The van der Waals surface area contributed by atoms with Crippen LogP contribution in [0.15, 0.2) is 30.3 Å². The lowest BCUT2D eigenvalue weighted by Crippen LogP contribution is -2.31. The van der Waals surface area contributed by atoms with Gasteiger partial charge in [-0.05, 0) is 57.4 Å². The van der Waals surface area contributed by atoms with Gasteiger partial charge in [0.05, 0.1) is 12.6 Å². The molecule has 1 atom stereocenters. The molecule has 0 saturated carbocycles. The van der Waals surface area contributed by atoms with Crippen LogP contribution in [0.3, 0.4) is 0 Å². The Morgan fingerprint density at radius 1 is 1.22 bits per heavy atom. The van der Waals surface area contributed by atoms with E-state index in [1.165, 1.54) is 0 Å². The summed E-state index contributed by atoms with van der Waals surface area (Å²) in [6, 6.07) is 9.95. The Morgan fingerprint density at radius 3 is 2.74 bits per heavy atom. The molecular formula is C20H23N5O2. The van der Waals surface area contributed by atoms with Gasteiger partial charge in [-0.1, -0.05) is 12.1 Å². The van der Waals surface area contributed by atoms with Crippen LogP contribution in [0.25, 0.3) is 5.78 Å². The fraction of sp³-hybridized carbons (Fsp3) is 0.400. The molecule has 0 radical (unpaired) electrons. The number of likely N-dealkylation sites (tertiary alicyclic amines) is 1. The fourth-order valence-electron chi connectivity index (χ4n) is 3.69. The number of hydrogen-bond donors (Lipinski definition) is 0. The summed E-state index contributed by atoms with van der Waals surface area (Å²) in [5.74, 6) is 1.37. The third-order valence-electron chi connectivity index (χ3n) is 4.90. The molecule has 0 N–H and O–H groups in total. The first-order chi connectivity index (χ1) is 13.1. The quantitative estimate of drug-likeness (QED) is 0.710. The number of amides is 1. The van der Waals surface area contributed by atoms with E-state index in [1.807, 2.05) is 56.0 Å². The Balaban J connectivity index is 1.61. The van der Waals surface area contributed by atoms with Crippen molar-refractivity contribution in [3.8, 4) is 5.75 Å². The predicted octanol–water partition coefficient (Wildman–Crippen LogP) is 3.12. The Hall–Kier alpha value is -2.96. The molecule has 1 saturated heterocycles. The number of nitrogens with zero attached hydrogens (tertiary/aromatic N) is 5. The largest absolute Gasteiger partial charge is 0.494 e. The number of carbonyl (C=O) groups excluding carboxylic acids is 1. The normalized spacial score (nSPS) is 16.9. The van der Waals surface area contributed by atoms with Crippen molar-refractivity contribution in [2.75, 3.05) is 13.2 Å². The number of carbonyl (C=O) groups is 1. The van der Waals surface area contributed by atoms with E-state index in [-0.39, 0.29) is 17.8 Å². The molecule has 27 heavy (non-hydrogen) atoms. The third kappa shape index (κ3) is 3.25. The molecule has 3 aromatic rings. The molecular weight excluding hydrogens is 342 g/mol. The molecule has 0 bridgehead atoms. The van der Waals surface area contributed by atoms with Gasteiger partial charge in [-0.15, -0.1) is 5.10 Å². The van der Waals surface area contributed by atoms with Crippen LogP contribution < -0.4 is 4.74 Å². The van der Waals surface area contributed by atoms with E-state index in [1.54, 1.807) is 4.52 Å². The second-order valence-electron chi connectivity index (χ2n) is 6.84. The third-order valence-corrected chi connectivity index (χ3v) is 4.90. The SMILES string of the molecule is CCOc1ccc(C2CCCN2C(=O)c2nc3nc(C)cc(C)n3n2)cc1. The molecule has 1 aromatic carbocycles. The highest BCUT2D eigenvalue weighted by Gasteiger charge is 2.32. The summed E-state index contributed by atoms with van der Waals surface area (Å²) in [5, 5.41) is 4.40. The average molecular weight is 365 g/mol. The summed E-state index contributed by atoms with van der Waals surface area (Å²) in [6.45, 7) is 7.15. The van der Waals surface area contributed by atoms with E-state index in [0.29, 0.717) is 18.9 Å². The van der Waals surface area contributed by atoms with Crippen LogP contribution in [0.2, 0.25) is 0 Å². The molecule has 1 aliphatic rings. The molecule has 1 amide bonds. The van der Waals surface area contributed by atoms with Crippen molar-refractivity contribution >= 4 is 11.7 Å². The minimum absolute atomic E-state index is 0.0376. The summed E-state index contributed by atoms with van der Waals surface area (Å²) in [7, 11) is 0. The van der Waals surface area contributed by atoms with Gasteiger partial charge in [0.25, 0.3) is 11.7 Å². The Kier molecular flexibility index (Phi) is 4.51. The van der Waals surface area contributed by atoms with Crippen molar-refractivity contribution in [3.63, 3.8) is 0 Å². The van der Waals surface area contributed by atoms with Gasteiger partial charge in [0, 0.05) is 17.9 Å². The van der Waals surface area contributed by atoms with Crippen LogP contribution in [0.4, 0.5) is 0 Å². The molecule has 0 aliphatic carbocycles. The summed E-state index contributed by atoms with van der Waals surface area (Å²) in [5.41, 5.74) is 2.88. The summed E-state index contributed by atoms with van der Waals surface area (Å²) < 4.78 is 7.14. The van der Waals surface area contributed by atoms with Gasteiger partial charge in [-0.2, -0.15) is 4.98 Å². The number of benzene rings is 1. The highest BCUT2D eigenvalue weighted by Crippen LogP contribution is 2.33. The van der Waals surface area contributed by atoms with E-state index >= 15 is 0 Å². The number of aromatic nitrogens is 4. The number of rotatable bonds is 4. The fourth-order valence-corrected chi connectivity index (χ4v) is 3.69. The van der Waals surface area contributed by atoms with E-state index in [9.17, 15) is 4.79 Å². The number of hydrogen-bond acceptors (Lipinski definition) is 5. The van der Waals surface area contributed by atoms with Gasteiger partial charge in [0.15, 0.2) is 0 Å². The van der Waals surface area contributed by atoms with Gasteiger partial charge < -0.3 is 9.64 Å². The van der Waals surface area contributed by atoms with Crippen molar-refractivity contribution < 1.29 is 9.53 Å². The lowest BCUT2D eigenvalue weighted by atomic mass is 10.0. The van der Waals surface area contributed by atoms with Crippen LogP contribution in [0.1, 0.15) is 53.4 Å². The van der Waals surface area contributed by atoms with Gasteiger partial charge in [-0.25, -0.2) is 9.50 Å². The zero-order valence-corrected chi connectivity index (χ0v) is 15.8. The highest BCUT2D eigenvalue weighted by atomic mass is 16.5. The Labute approximate surface area is 158 Å². The number of ether oxygens (including phenoxy) is 1. The van der Waals surface area contributed by atoms with Gasteiger partial charge in [0.2, 0.25) is 5.82 Å². The van der Waals surface area contributed by atoms with Crippen molar-refractivity contribution in [1.82, 2.24) is 24.5 Å². The maximum atomic E-state index is 13.1. The van der Waals surface area contributed by atoms with Crippen molar-refractivity contribution in [2.24, 2.45) is 0 Å². The minimum atomic E-state index is -0.145. The van der Waals surface area contributed by atoms with Crippen LogP contribution in [0, 0.1) is 13.8 Å². The monoisotopic (exact) mass is 365 g/mol. The highest BCUT2D eigenvalue weighted by molar-refractivity contribution is 5.91. The standard InChI is InChI=1S/C20H23N5O2/c1-4-27-16-9-7-15(8-10-16)17-6-5-11-24(17)19(26)18-22-20-21-13(2)12-14(3)25(20)23-18/h7-10,12,17H,4-6,11H2,1-3H3. The van der Waals surface area contributed by atoms with Crippen molar-refractivity contribution in [2.45, 2.75) is 39.7 Å². The Bertz CT molecular complexity index is 980. The topological polar surface area (TPSA) is 72.6 Å². The van der Waals surface area contributed by atoms with Crippen LogP contribution in [-0.2, 0) is 0 Å². The molecule has 1 unspecified atom stereocenters. The minimum Gasteiger partial charge on any atom is -0.494 e. The Morgan fingerprint density at radius 2 is 2.00 bits per heavy atom. The maximum absolute atomic E-state index is 13.1. The second-order valence-corrected chi connectivity index (χ2v) is 6.84. The number of fused-ring (bicyclic) bond motifs is 1. The lowest BCUT2D eigenvalue weighted by Gasteiger charge is -2.24. The molecule has 140 valence electrons. The molecule has 7 nitrogen and oxygen atoms in total. The van der Waals surface area contributed by atoms with E-state index in [4.69, 9.17) is 4.74 Å². The lowest BCUT2D eigenvalue weighted by molar-refractivity contribution is 0.0723. The zero-order valence-electron chi connectivity index (χ0n) is 15.8. The summed E-state index contributed by atoms with van der Waals surface area (Å²) >= 11 is 0. The summed E-state index contributed by atoms with van der Waals surface area (Å²) in [4.78, 5) is 23.7. The van der Waals surface area contributed by atoms with Gasteiger partial charge >= 0.3 is 0 Å². The van der Waals surface area contributed by atoms with E-state index in [2.05, 4.69) is 15.1 Å². The molecule has 1 aliphatic heterocycles. The second kappa shape index (κ2) is 6.98. The van der Waals surface area contributed by atoms with E-state index in [0.717, 1.165) is 35.5 Å². The van der Waals surface area contributed by atoms with Gasteiger partial charge in [-0.3, -0.25) is 4.79 Å². The molecule has 0 spiro atoms. The average Bonchev–Trinajstić information content (AvgIpc) is 3.29. The van der Waals surface area contributed by atoms with Crippen LogP contribution in [0.5, 0.6) is 5.75 Å². The first kappa shape index (κ1) is 17.5. The predicted molar refractivity (Wildman–Crippen MR) is 101 cm³/mol. The molecule has 1 fully saturated rings. The molecule has 4 rings (SSSR count). The van der Waals surface area contributed by atoms with Crippen molar-refractivity contribution in [3.05, 3.63) is 53.1 Å². The molecule has 3 heterocycles. The zero-order chi connectivity index (χ0) is 19.0. The maximum Gasteiger partial charge on any atom is 0.294 e.